The molecule has 2 N–H and O–H groups in total. The number of carbonyl (C=O) groups excluding carboxylic acids is 3. The number of nitrogens with one attached hydrogen (secondary N) is 1. The van der Waals surface area contributed by atoms with Crippen molar-refractivity contribution in [2.24, 2.45) is 5.41 Å². The highest BCUT2D eigenvalue weighted by atomic mass is 79.9. The Hall–Kier alpha value is -4.10. The van der Waals surface area contributed by atoms with Gasteiger partial charge in [0.1, 0.15) is 34.3 Å². The number of halogens is 2. The summed E-state index contributed by atoms with van der Waals surface area (Å²) in [4.78, 5) is 54.5. The Morgan fingerprint density at radius 2 is 1.80 bits per heavy atom. The van der Waals surface area contributed by atoms with Gasteiger partial charge >= 0.3 is 0 Å². The molecule has 2 fully saturated rings. The van der Waals surface area contributed by atoms with E-state index in [-0.39, 0.29) is 57.5 Å². The average molecular weight is 679 g/mol. The molecule has 0 radical (unpaired) electrons. The van der Waals surface area contributed by atoms with Gasteiger partial charge in [-0.1, -0.05) is 6.92 Å². The summed E-state index contributed by atoms with van der Waals surface area (Å²) in [6, 6.07) is 4.19. The molecule has 1 saturated carbocycles. The number of aromatic nitrogens is 5. The van der Waals surface area contributed by atoms with Gasteiger partial charge in [0, 0.05) is 36.3 Å². The average Bonchev–Trinajstić information content (AvgIpc) is 3.31. The molecule has 4 heterocycles. The number of Topliss-reactive ketones (excluding diaryl/α,β-unsaturated/α-hetero) is 1. The van der Waals surface area contributed by atoms with E-state index in [2.05, 4.69) is 48.2 Å². The number of rotatable bonds is 7. The van der Waals surface area contributed by atoms with Crippen LogP contribution in [-0.4, -0.2) is 64.4 Å². The van der Waals surface area contributed by atoms with Crippen molar-refractivity contribution in [1.82, 2.24) is 29.6 Å². The number of nitrogens with zero attached hydrogens (tertiary/aromatic N) is 6. The van der Waals surface area contributed by atoms with Gasteiger partial charge in [-0.2, -0.15) is 5.10 Å². The highest BCUT2D eigenvalue weighted by molar-refractivity contribution is 9.10. The van der Waals surface area contributed by atoms with Gasteiger partial charge in [-0.05, 0) is 96.8 Å². The molecule has 3 aromatic heterocycles. The highest BCUT2D eigenvalue weighted by Crippen LogP contribution is 2.59. The zero-order valence-corrected chi connectivity index (χ0v) is 27.4. The van der Waals surface area contributed by atoms with E-state index in [9.17, 15) is 23.9 Å². The van der Waals surface area contributed by atoms with E-state index in [0.29, 0.717) is 28.5 Å². The molecule has 6 rings (SSSR count). The van der Waals surface area contributed by atoms with Crippen molar-refractivity contribution in [2.75, 3.05) is 5.32 Å². The second kappa shape index (κ2) is 10.8. The highest BCUT2D eigenvalue weighted by Gasteiger charge is 2.64. The summed E-state index contributed by atoms with van der Waals surface area (Å²) in [7, 11) is 0. The molecule has 11 nitrogen and oxygen atoms in total. The van der Waals surface area contributed by atoms with Crippen LogP contribution >= 0.6 is 15.9 Å². The summed E-state index contributed by atoms with van der Waals surface area (Å²) in [5.74, 6) is -0.950. The Labute approximate surface area is 267 Å². The Balaban J connectivity index is 1.30. The molecule has 45 heavy (non-hydrogen) atoms. The third-order valence-corrected chi connectivity index (χ3v) is 9.33. The van der Waals surface area contributed by atoms with Gasteiger partial charge in [-0.3, -0.25) is 19.1 Å². The number of pyridine rings is 1. The minimum Gasteiger partial charge on any atom is -0.382 e. The number of fused-ring (bicyclic) bond motifs is 2. The summed E-state index contributed by atoms with van der Waals surface area (Å²) in [5.41, 5.74) is 2.22. The fourth-order valence-corrected chi connectivity index (χ4v) is 6.61. The predicted octanol–water partition coefficient (Wildman–Crippen LogP) is 4.85. The Kier molecular flexibility index (Phi) is 7.39. The molecule has 234 valence electrons. The van der Waals surface area contributed by atoms with E-state index >= 15 is 0 Å². The van der Waals surface area contributed by atoms with Gasteiger partial charge in [-0.15, -0.1) is 0 Å². The summed E-state index contributed by atoms with van der Waals surface area (Å²) in [5, 5.41) is 18.2. The van der Waals surface area contributed by atoms with Crippen molar-refractivity contribution >= 4 is 50.2 Å². The minimum atomic E-state index is -1.19. The van der Waals surface area contributed by atoms with Crippen LogP contribution in [0.2, 0.25) is 0 Å². The number of hydrogen-bond acceptors (Lipinski definition) is 8. The number of piperidine rings is 1. The molecule has 1 saturated heterocycles. The maximum Gasteiger partial charge on any atom is 0.248 e. The fourth-order valence-electron chi connectivity index (χ4n) is 6.32. The number of carbonyl (C=O) groups is 3. The molecule has 0 spiro atoms. The lowest BCUT2D eigenvalue weighted by atomic mass is 10.0. The molecule has 4 aromatic rings. The summed E-state index contributed by atoms with van der Waals surface area (Å²) in [6.07, 6.45) is 4.52. The van der Waals surface area contributed by atoms with Crippen molar-refractivity contribution in [3.05, 3.63) is 63.7 Å². The second-order valence-corrected chi connectivity index (χ2v) is 13.7. The third-order valence-electron chi connectivity index (χ3n) is 8.78. The van der Waals surface area contributed by atoms with E-state index in [0.717, 1.165) is 17.5 Å². The van der Waals surface area contributed by atoms with Crippen molar-refractivity contribution in [3.8, 4) is 11.1 Å². The van der Waals surface area contributed by atoms with Crippen LogP contribution in [-0.2, 0) is 21.7 Å². The lowest BCUT2D eigenvalue weighted by Crippen LogP contribution is -2.47. The van der Waals surface area contributed by atoms with Crippen LogP contribution < -0.4 is 5.32 Å². The lowest BCUT2D eigenvalue weighted by molar-refractivity contribution is -0.138. The lowest BCUT2D eigenvalue weighted by Gasteiger charge is -2.27. The predicted molar refractivity (Wildman–Crippen MR) is 168 cm³/mol. The second-order valence-electron chi connectivity index (χ2n) is 12.9. The van der Waals surface area contributed by atoms with E-state index < -0.39 is 17.5 Å². The van der Waals surface area contributed by atoms with E-state index in [1.807, 2.05) is 19.1 Å². The quantitative estimate of drug-likeness (QED) is 0.209. The van der Waals surface area contributed by atoms with Gasteiger partial charge < -0.3 is 15.3 Å². The number of aryl methyl sites for hydroxylation is 2. The number of aliphatic hydroxyl groups is 1. The Bertz CT molecular complexity index is 1900. The van der Waals surface area contributed by atoms with Crippen molar-refractivity contribution in [3.63, 3.8) is 0 Å². The smallest absolute Gasteiger partial charge is 0.248 e. The number of anilines is 1. The fraction of sp³-hybridized carbons (Fsp3) is 0.406. The molecule has 1 aromatic carbocycles. The molecule has 2 aliphatic rings. The van der Waals surface area contributed by atoms with Crippen molar-refractivity contribution < 1.29 is 23.9 Å². The van der Waals surface area contributed by atoms with E-state index in [1.54, 1.807) is 38.1 Å². The van der Waals surface area contributed by atoms with Gasteiger partial charge in [-0.25, -0.2) is 19.3 Å². The van der Waals surface area contributed by atoms with Crippen molar-refractivity contribution in [2.45, 2.75) is 78.6 Å². The summed E-state index contributed by atoms with van der Waals surface area (Å²) < 4.78 is 15.4. The Morgan fingerprint density at radius 3 is 2.44 bits per heavy atom. The van der Waals surface area contributed by atoms with Crippen LogP contribution in [0.1, 0.15) is 68.0 Å². The zero-order valence-electron chi connectivity index (χ0n) is 25.8. The number of ketones is 1. The van der Waals surface area contributed by atoms with Crippen LogP contribution in [0.15, 0.2) is 35.2 Å². The number of likely N-dealkylation sites (tertiary alicyclic amines) is 1. The molecule has 2 amide bonds. The van der Waals surface area contributed by atoms with Crippen LogP contribution in [0.3, 0.4) is 0 Å². The minimum absolute atomic E-state index is 0.0124. The van der Waals surface area contributed by atoms with Crippen LogP contribution in [0.5, 0.6) is 0 Å². The van der Waals surface area contributed by atoms with Gasteiger partial charge in [0.15, 0.2) is 17.4 Å². The van der Waals surface area contributed by atoms with Gasteiger partial charge in [0.25, 0.3) is 0 Å². The zero-order chi connectivity index (χ0) is 32.6. The van der Waals surface area contributed by atoms with Crippen molar-refractivity contribution in [1.29, 1.82) is 0 Å². The third kappa shape index (κ3) is 5.52. The van der Waals surface area contributed by atoms with Gasteiger partial charge in [0.05, 0.1) is 5.52 Å². The Morgan fingerprint density at radius 1 is 1.11 bits per heavy atom. The first-order valence-electron chi connectivity index (χ1n) is 14.6. The number of amides is 2. The summed E-state index contributed by atoms with van der Waals surface area (Å²) >= 11 is 3.07. The van der Waals surface area contributed by atoms with Crippen LogP contribution in [0.4, 0.5) is 10.2 Å². The molecular formula is C32H33BrFN7O4. The first kappa shape index (κ1) is 30.9. The SMILES string of the molecule is CC(=O)c1nn(CC(=O)N2[C@H](C(=O)Nc3nc(Br)c(F)cc3C)C[C@@]3(C)C[C@@H]23)c2c(C)cc(-c3cnc(C(C)(C)O)nc3)cc12. The van der Waals surface area contributed by atoms with Crippen LogP contribution in [0.25, 0.3) is 22.0 Å². The normalized spacial score (nSPS) is 20.8. The molecular weight excluding hydrogens is 645 g/mol. The molecule has 1 aliphatic heterocycles. The maximum atomic E-state index is 14.0. The molecule has 0 bridgehead atoms. The monoisotopic (exact) mass is 677 g/mol. The molecule has 1 aliphatic carbocycles. The topological polar surface area (TPSA) is 143 Å². The first-order valence-corrected chi connectivity index (χ1v) is 15.4. The van der Waals surface area contributed by atoms with E-state index in [4.69, 9.17) is 0 Å². The molecule has 13 heteroatoms. The summed E-state index contributed by atoms with van der Waals surface area (Å²) in [6.45, 7) is 10.1. The standard InChI is InChI=1S/C32H33BrFN7O4/c1-15-7-18(19-12-35-30(36-13-19)31(4,5)45)9-20-25(17(3)42)39-40(26(15)20)14-24(43)41-22(10-32(6)11-23(32)41)29(44)38-28-16(2)8-21(34)27(33)37-28/h7-9,12-13,22-23,45H,10-11,14H2,1-6H3,(H,37,38,44)/t22-,23+,32-/m0/s1. The molecule has 0 unspecified atom stereocenters. The first-order chi connectivity index (χ1) is 21.1. The van der Waals surface area contributed by atoms with Crippen LogP contribution in [0, 0.1) is 25.1 Å². The molecule has 3 atom stereocenters. The largest absolute Gasteiger partial charge is 0.382 e. The number of benzene rings is 1. The van der Waals surface area contributed by atoms with Gasteiger partial charge in [0.2, 0.25) is 11.8 Å². The van der Waals surface area contributed by atoms with E-state index in [1.165, 1.54) is 17.7 Å². The maximum absolute atomic E-state index is 14.0. The number of hydrogen-bond donors (Lipinski definition) is 2.